The number of piperidine rings is 1. The molecule has 26 heavy (non-hydrogen) atoms. The van der Waals surface area contributed by atoms with Crippen molar-refractivity contribution in [1.82, 2.24) is 4.31 Å². The number of carbonyl (C=O) groups is 1. The average Bonchev–Trinajstić information content (AvgIpc) is 2.69. The maximum Gasteiger partial charge on any atom is 0.243 e. The summed E-state index contributed by atoms with van der Waals surface area (Å²) in [4.78, 5) is 12.8. The number of rotatable bonds is 5. The number of methoxy groups -OCH3 is 1. The Hall–Kier alpha value is -2.38. The predicted octanol–water partition coefficient (Wildman–Crippen LogP) is 2.73. The number of carbonyl (C=O) groups excluding carboxylic acids is 1. The van der Waals surface area contributed by atoms with Gasteiger partial charge in [-0.3, -0.25) is 4.79 Å². The first-order valence-electron chi connectivity index (χ1n) is 8.51. The third-order valence-corrected chi connectivity index (χ3v) is 6.37. The molecule has 0 unspecified atom stereocenters. The van der Waals surface area contributed by atoms with E-state index in [-0.39, 0.29) is 23.3 Å². The minimum Gasteiger partial charge on any atom is -0.497 e. The third kappa shape index (κ3) is 4.05. The number of amides is 1. The smallest absolute Gasteiger partial charge is 0.243 e. The van der Waals surface area contributed by atoms with Crippen LogP contribution in [0.1, 0.15) is 12.8 Å². The lowest BCUT2D eigenvalue weighted by atomic mass is 9.99. The van der Waals surface area contributed by atoms with Gasteiger partial charge >= 0.3 is 0 Å². The van der Waals surface area contributed by atoms with Crippen molar-refractivity contribution in [2.75, 3.05) is 25.5 Å². The first kappa shape index (κ1) is 18.4. The van der Waals surface area contributed by atoms with E-state index in [2.05, 4.69) is 5.32 Å². The number of sulfonamides is 1. The number of nitrogens with zero attached hydrogens (tertiary/aromatic N) is 1. The lowest BCUT2D eigenvalue weighted by Gasteiger charge is -2.31. The maximum atomic E-state index is 12.8. The Labute approximate surface area is 153 Å². The molecule has 1 aliphatic rings. The third-order valence-electron chi connectivity index (χ3n) is 4.49. The monoisotopic (exact) mass is 374 g/mol. The summed E-state index contributed by atoms with van der Waals surface area (Å²) in [7, 11) is -1.99. The van der Waals surface area contributed by atoms with Gasteiger partial charge in [-0.1, -0.05) is 18.2 Å². The lowest BCUT2D eigenvalue weighted by Crippen LogP contribution is -2.43. The minimum absolute atomic E-state index is 0.164. The van der Waals surface area contributed by atoms with Crippen LogP contribution in [0, 0.1) is 5.92 Å². The van der Waals surface area contributed by atoms with Gasteiger partial charge < -0.3 is 10.1 Å². The summed E-state index contributed by atoms with van der Waals surface area (Å²) < 4.78 is 32.0. The van der Waals surface area contributed by atoms with Crippen molar-refractivity contribution in [3.05, 3.63) is 54.6 Å². The Bertz CT molecular complexity index is 851. The fourth-order valence-corrected chi connectivity index (χ4v) is 4.58. The fraction of sp³-hybridized carbons (Fsp3) is 0.316. The van der Waals surface area contributed by atoms with Crippen molar-refractivity contribution >= 4 is 21.6 Å². The highest BCUT2D eigenvalue weighted by atomic mass is 32.2. The normalized spacial score (nSPS) is 18.3. The summed E-state index contributed by atoms with van der Waals surface area (Å²) >= 11 is 0. The van der Waals surface area contributed by atoms with Crippen molar-refractivity contribution in [1.29, 1.82) is 0 Å². The van der Waals surface area contributed by atoms with E-state index in [4.69, 9.17) is 4.74 Å². The van der Waals surface area contributed by atoms with Gasteiger partial charge in [-0.25, -0.2) is 8.42 Å². The molecule has 0 bridgehead atoms. The van der Waals surface area contributed by atoms with Crippen LogP contribution in [-0.2, 0) is 14.8 Å². The van der Waals surface area contributed by atoms with Crippen LogP contribution in [0.15, 0.2) is 59.5 Å². The van der Waals surface area contributed by atoms with E-state index in [0.717, 1.165) is 0 Å². The van der Waals surface area contributed by atoms with Crippen LogP contribution in [0.2, 0.25) is 0 Å². The lowest BCUT2D eigenvalue weighted by molar-refractivity contribution is -0.120. The van der Waals surface area contributed by atoms with Gasteiger partial charge in [-0.2, -0.15) is 4.31 Å². The van der Waals surface area contributed by atoms with Gasteiger partial charge in [0.15, 0.2) is 0 Å². The molecule has 1 amide bonds. The molecule has 1 heterocycles. The SMILES string of the molecule is COc1ccc(NC(=O)[C@H]2CCCN(S(=O)(=O)c3ccccc3)C2)cc1. The number of anilines is 1. The Morgan fingerprint density at radius 3 is 2.46 bits per heavy atom. The quantitative estimate of drug-likeness (QED) is 0.873. The zero-order chi connectivity index (χ0) is 18.6. The molecular weight excluding hydrogens is 352 g/mol. The number of benzene rings is 2. The highest BCUT2D eigenvalue weighted by Gasteiger charge is 2.33. The standard InChI is InChI=1S/C19H22N2O4S/c1-25-17-11-9-16(10-12-17)20-19(22)15-6-5-13-21(14-15)26(23,24)18-7-3-2-4-8-18/h2-4,7-12,15H,5-6,13-14H2,1H3,(H,20,22)/t15-/m0/s1. The first-order chi connectivity index (χ1) is 12.5. The number of hydrogen-bond donors (Lipinski definition) is 1. The first-order valence-corrected chi connectivity index (χ1v) is 9.95. The van der Waals surface area contributed by atoms with Gasteiger partial charge in [0.25, 0.3) is 0 Å². The van der Waals surface area contributed by atoms with Crippen LogP contribution in [0.3, 0.4) is 0 Å². The Morgan fingerprint density at radius 2 is 1.81 bits per heavy atom. The Morgan fingerprint density at radius 1 is 1.12 bits per heavy atom. The van der Waals surface area contributed by atoms with Crippen molar-refractivity contribution in [3.8, 4) is 5.75 Å². The molecule has 2 aromatic rings. The zero-order valence-corrected chi connectivity index (χ0v) is 15.4. The maximum absolute atomic E-state index is 12.8. The summed E-state index contributed by atoms with van der Waals surface area (Å²) in [5.74, 6) is 0.174. The molecule has 0 spiro atoms. The second-order valence-electron chi connectivity index (χ2n) is 6.23. The highest BCUT2D eigenvalue weighted by Crippen LogP contribution is 2.25. The van der Waals surface area contributed by atoms with Crippen molar-refractivity contribution < 1.29 is 17.9 Å². The van der Waals surface area contributed by atoms with Crippen LogP contribution in [0.25, 0.3) is 0 Å². The van der Waals surface area contributed by atoms with Crippen LogP contribution in [0.4, 0.5) is 5.69 Å². The molecule has 1 saturated heterocycles. The molecule has 1 N–H and O–H groups in total. The molecule has 6 nitrogen and oxygen atoms in total. The van der Waals surface area contributed by atoms with Gasteiger partial charge in [0, 0.05) is 18.8 Å². The molecule has 0 aliphatic carbocycles. The van der Waals surface area contributed by atoms with E-state index in [1.54, 1.807) is 61.7 Å². The van der Waals surface area contributed by atoms with Crippen LogP contribution in [-0.4, -0.2) is 38.8 Å². The summed E-state index contributed by atoms with van der Waals surface area (Å²) in [6, 6.07) is 15.4. The molecular formula is C19H22N2O4S. The summed E-state index contributed by atoms with van der Waals surface area (Å²) in [6.07, 6.45) is 1.33. The highest BCUT2D eigenvalue weighted by molar-refractivity contribution is 7.89. The van der Waals surface area contributed by atoms with Gasteiger partial charge in [0.1, 0.15) is 5.75 Å². The van der Waals surface area contributed by atoms with Gasteiger partial charge in [0.05, 0.1) is 17.9 Å². The summed E-state index contributed by atoms with van der Waals surface area (Å²) in [5, 5.41) is 2.86. The van der Waals surface area contributed by atoms with Gasteiger partial charge in [-0.15, -0.1) is 0 Å². The Kier molecular flexibility index (Phi) is 5.58. The van der Waals surface area contributed by atoms with E-state index in [0.29, 0.717) is 30.8 Å². The van der Waals surface area contributed by atoms with Crippen molar-refractivity contribution in [2.45, 2.75) is 17.7 Å². The summed E-state index contributed by atoms with van der Waals surface area (Å²) in [6.45, 7) is 0.628. The van der Waals surface area contributed by atoms with Crippen molar-refractivity contribution in [3.63, 3.8) is 0 Å². The molecule has 0 radical (unpaired) electrons. The van der Waals surface area contributed by atoms with Gasteiger partial charge in [-0.05, 0) is 49.2 Å². The van der Waals surface area contributed by atoms with E-state index in [9.17, 15) is 13.2 Å². The molecule has 3 rings (SSSR count). The number of nitrogens with one attached hydrogen (secondary N) is 1. The molecule has 1 aliphatic heterocycles. The van der Waals surface area contributed by atoms with Gasteiger partial charge in [0.2, 0.25) is 15.9 Å². The average molecular weight is 374 g/mol. The summed E-state index contributed by atoms with van der Waals surface area (Å²) in [5.41, 5.74) is 0.666. The number of hydrogen-bond acceptors (Lipinski definition) is 4. The van der Waals surface area contributed by atoms with Crippen LogP contribution >= 0.6 is 0 Å². The van der Waals surface area contributed by atoms with Crippen LogP contribution < -0.4 is 10.1 Å². The Balaban J connectivity index is 1.68. The second kappa shape index (κ2) is 7.88. The van der Waals surface area contributed by atoms with E-state index in [1.165, 1.54) is 4.31 Å². The largest absolute Gasteiger partial charge is 0.497 e. The molecule has 138 valence electrons. The molecule has 0 aromatic heterocycles. The minimum atomic E-state index is -3.57. The van der Waals surface area contributed by atoms with E-state index < -0.39 is 10.0 Å². The predicted molar refractivity (Wildman–Crippen MR) is 99.5 cm³/mol. The molecule has 0 saturated carbocycles. The fourth-order valence-electron chi connectivity index (χ4n) is 3.03. The second-order valence-corrected chi connectivity index (χ2v) is 8.17. The van der Waals surface area contributed by atoms with E-state index >= 15 is 0 Å². The van der Waals surface area contributed by atoms with E-state index in [1.807, 2.05) is 0 Å². The zero-order valence-electron chi connectivity index (χ0n) is 14.6. The topological polar surface area (TPSA) is 75.7 Å². The van der Waals surface area contributed by atoms with Crippen molar-refractivity contribution in [2.24, 2.45) is 5.92 Å². The molecule has 1 fully saturated rings. The molecule has 1 atom stereocenters. The number of ether oxygens (including phenoxy) is 1. The van der Waals surface area contributed by atoms with Crippen LogP contribution in [0.5, 0.6) is 5.75 Å². The molecule has 7 heteroatoms. The molecule has 2 aromatic carbocycles.